The van der Waals surface area contributed by atoms with Crippen LogP contribution in [0.4, 0.5) is 5.95 Å². The standard InChI is InChI=1S/C18H24N4O/c1-23-17-10-11-19-18(21-17)20-14-16(15-8-4-2-5-9-15)22-12-6-3-7-13-22/h2,4-5,8-11,16H,3,6-7,12-14H2,1H3,(H,19,20,21)/t16-/m0/s1. The fourth-order valence-electron chi connectivity index (χ4n) is 3.09. The molecule has 1 atom stereocenters. The van der Waals surface area contributed by atoms with E-state index in [1.807, 2.05) is 0 Å². The Hall–Kier alpha value is -2.14. The van der Waals surface area contributed by atoms with Gasteiger partial charge in [0.1, 0.15) is 0 Å². The van der Waals surface area contributed by atoms with E-state index in [4.69, 9.17) is 4.74 Å². The molecule has 0 bridgehead atoms. The van der Waals surface area contributed by atoms with Gasteiger partial charge in [-0.3, -0.25) is 4.90 Å². The summed E-state index contributed by atoms with van der Waals surface area (Å²) in [6.45, 7) is 3.09. The van der Waals surface area contributed by atoms with Crippen LogP contribution in [0.25, 0.3) is 0 Å². The molecule has 1 saturated heterocycles. The lowest BCUT2D eigenvalue weighted by Crippen LogP contribution is -2.37. The van der Waals surface area contributed by atoms with Crippen LogP contribution < -0.4 is 10.1 Å². The molecule has 23 heavy (non-hydrogen) atoms. The molecule has 5 nitrogen and oxygen atoms in total. The minimum Gasteiger partial charge on any atom is -0.481 e. The number of rotatable bonds is 6. The van der Waals surface area contributed by atoms with E-state index in [1.54, 1.807) is 19.4 Å². The molecule has 0 aliphatic carbocycles. The van der Waals surface area contributed by atoms with Crippen LogP contribution in [0, 0.1) is 0 Å². The lowest BCUT2D eigenvalue weighted by atomic mass is 10.0. The van der Waals surface area contributed by atoms with Crippen molar-refractivity contribution in [2.45, 2.75) is 25.3 Å². The summed E-state index contributed by atoms with van der Waals surface area (Å²) in [5.74, 6) is 1.19. The quantitative estimate of drug-likeness (QED) is 0.888. The summed E-state index contributed by atoms with van der Waals surface area (Å²) in [6.07, 6.45) is 5.61. The van der Waals surface area contributed by atoms with Crippen molar-refractivity contribution in [3.05, 3.63) is 48.2 Å². The smallest absolute Gasteiger partial charge is 0.226 e. The molecule has 0 amide bonds. The van der Waals surface area contributed by atoms with Crippen LogP contribution in [-0.2, 0) is 0 Å². The molecule has 2 heterocycles. The highest BCUT2D eigenvalue weighted by atomic mass is 16.5. The molecule has 0 spiro atoms. The van der Waals surface area contributed by atoms with Gasteiger partial charge >= 0.3 is 0 Å². The van der Waals surface area contributed by atoms with Crippen molar-refractivity contribution in [2.75, 3.05) is 32.1 Å². The average Bonchev–Trinajstić information content (AvgIpc) is 2.64. The molecule has 0 unspecified atom stereocenters. The lowest BCUT2D eigenvalue weighted by molar-refractivity contribution is 0.170. The summed E-state index contributed by atoms with van der Waals surface area (Å²) in [6, 6.07) is 12.8. The zero-order valence-corrected chi connectivity index (χ0v) is 13.6. The fraction of sp³-hybridized carbons (Fsp3) is 0.444. The molecular formula is C18H24N4O. The van der Waals surface area contributed by atoms with Gasteiger partial charge in [-0.25, -0.2) is 4.98 Å². The largest absolute Gasteiger partial charge is 0.481 e. The van der Waals surface area contributed by atoms with Crippen molar-refractivity contribution >= 4 is 5.95 Å². The van der Waals surface area contributed by atoms with Crippen LogP contribution in [-0.4, -0.2) is 41.6 Å². The third-order valence-electron chi connectivity index (χ3n) is 4.31. The Morgan fingerprint density at radius 2 is 1.91 bits per heavy atom. The van der Waals surface area contributed by atoms with Crippen LogP contribution in [0.1, 0.15) is 30.9 Å². The van der Waals surface area contributed by atoms with E-state index in [2.05, 4.69) is 50.5 Å². The molecule has 5 heteroatoms. The highest BCUT2D eigenvalue weighted by Gasteiger charge is 2.22. The van der Waals surface area contributed by atoms with Crippen LogP contribution >= 0.6 is 0 Å². The summed E-state index contributed by atoms with van der Waals surface area (Å²) in [4.78, 5) is 11.2. The van der Waals surface area contributed by atoms with Gasteiger partial charge in [0.25, 0.3) is 0 Å². The lowest BCUT2D eigenvalue weighted by Gasteiger charge is -2.35. The second-order valence-electron chi connectivity index (χ2n) is 5.83. The molecule has 3 rings (SSSR count). The van der Waals surface area contributed by atoms with Crippen LogP contribution in [0.15, 0.2) is 42.6 Å². The zero-order valence-electron chi connectivity index (χ0n) is 13.6. The first-order chi connectivity index (χ1) is 11.4. The zero-order chi connectivity index (χ0) is 15.9. The monoisotopic (exact) mass is 312 g/mol. The molecule has 1 aromatic carbocycles. The van der Waals surface area contributed by atoms with E-state index < -0.39 is 0 Å². The van der Waals surface area contributed by atoms with E-state index in [1.165, 1.54) is 24.8 Å². The Labute approximate surface area is 137 Å². The van der Waals surface area contributed by atoms with Gasteiger partial charge in [0, 0.05) is 18.8 Å². The van der Waals surface area contributed by atoms with Gasteiger partial charge in [0.15, 0.2) is 0 Å². The van der Waals surface area contributed by atoms with Gasteiger partial charge in [-0.1, -0.05) is 36.8 Å². The maximum Gasteiger partial charge on any atom is 0.226 e. The van der Waals surface area contributed by atoms with Crippen LogP contribution in [0.5, 0.6) is 5.88 Å². The number of hydrogen-bond donors (Lipinski definition) is 1. The number of hydrogen-bond acceptors (Lipinski definition) is 5. The number of likely N-dealkylation sites (tertiary alicyclic amines) is 1. The average molecular weight is 312 g/mol. The molecule has 1 aliphatic rings. The van der Waals surface area contributed by atoms with Gasteiger partial charge < -0.3 is 10.1 Å². The van der Waals surface area contributed by atoms with Crippen molar-refractivity contribution in [1.29, 1.82) is 0 Å². The number of anilines is 1. The maximum absolute atomic E-state index is 5.16. The number of aromatic nitrogens is 2. The fourth-order valence-corrected chi connectivity index (χ4v) is 3.09. The van der Waals surface area contributed by atoms with Crippen molar-refractivity contribution < 1.29 is 4.74 Å². The van der Waals surface area contributed by atoms with E-state index in [9.17, 15) is 0 Å². The number of ether oxygens (including phenoxy) is 1. The SMILES string of the molecule is COc1ccnc(NC[C@@H](c2ccccc2)N2CCCCC2)n1. The third-order valence-corrected chi connectivity index (χ3v) is 4.31. The second-order valence-corrected chi connectivity index (χ2v) is 5.83. The molecule has 1 fully saturated rings. The van der Waals surface area contributed by atoms with E-state index in [-0.39, 0.29) is 0 Å². The van der Waals surface area contributed by atoms with Crippen molar-refractivity contribution in [2.24, 2.45) is 0 Å². The first-order valence-corrected chi connectivity index (χ1v) is 8.27. The van der Waals surface area contributed by atoms with Crippen LogP contribution in [0.3, 0.4) is 0 Å². The van der Waals surface area contributed by atoms with Gasteiger partial charge in [-0.15, -0.1) is 0 Å². The Morgan fingerprint density at radius 1 is 1.13 bits per heavy atom. The molecule has 0 radical (unpaired) electrons. The Kier molecular flexibility index (Phi) is 5.42. The summed E-state index contributed by atoms with van der Waals surface area (Å²) >= 11 is 0. The molecule has 122 valence electrons. The predicted molar refractivity (Wildman–Crippen MR) is 91.7 cm³/mol. The maximum atomic E-state index is 5.16. The van der Waals surface area contributed by atoms with Gasteiger partial charge in [-0.05, 0) is 31.5 Å². The van der Waals surface area contributed by atoms with Gasteiger partial charge in [-0.2, -0.15) is 4.98 Å². The number of nitrogens with one attached hydrogen (secondary N) is 1. The third kappa shape index (κ3) is 4.20. The summed E-state index contributed by atoms with van der Waals surface area (Å²) in [5, 5.41) is 3.37. The van der Waals surface area contributed by atoms with E-state index in [0.29, 0.717) is 17.9 Å². The first kappa shape index (κ1) is 15.7. The first-order valence-electron chi connectivity index (χ1n) is 8.27. The molecule has 1 N–H and O–H groups in total. The molecule has 0 saturated carbocycles. The Bertz CT molecular complexity index is 599. The van der Waals surface area contributed by atoms with Crippen molar-refractivity contribution in [3.63, 3.8) is 0 Å². The van der Waals surface area contributed by atoms with Crippen molar-refractivity contribution in [1.82, 2.24) is 14.9 Å². The van der Waals surface area contributed by atoms with E-state index >= 15 is 0 Å². The van der Waals surface area contributed by atoms with Crippen molar-refractivity contribution in [3.8, 4) is 5.88 Å². The predicted octanol–water partition coefficient (Wildman–Crippen LogP) is 3.12. The normalized spacial score (nSPS) is 16.7. The summed E-state index contributed by atoms with van der Waals surface area (Å²) < 4.78 is 5.16. The highest BCUT2D eigenvalue weighted by molar-refractivity contribution is 5.29. The molecule has 1 aromatic heterocycles. The molecule has 2 aromatic rings. The Morgan fingerprint density at radius 3 is 2.65 bits per heavy atom. The molecular weight excluding hydrogens is 288 g/mol. The number of nitrogens with zero attached hydrogens (tertiary/aromatic N) is 3. The topological polar surface area (TPSA) is 50.3 Å². The second kappa shape index (κ2) is 7.92. The summed E-state index contributed by atoms with van der Waals surface area (Å²) in [5.41, 5.74) is 1.34. The molecule has 1 aliphatic heterocycles. The number of benzene rings is 1. The van der Waals surface area contributed by atoms with Gasteiger partial charge in [0.2, 0.25) is 11.8 Å². The Balaban J connectivity index is 1.72. The van der Waals surface area contributed by atoms with E-state index in [0.717, 1.165) is 19.6 Å². The minimum atomic E-state index is 0.339. The summed E-state index contributed by atoms with van der Waals surface area (Å²) in [7, 11) is 1.62. The van der Waals surface area contributed by atoms with Gasteiger partial charge in [0.05, 0.1) is 13.2 Å². The minimum absolute atomic E-state index is 0.339. The van der Waals surface area contributed by atoms with Crippen LogP contribution in [0.2, 0.25) is 0 Å². The number of methoxy groups -OCH3 is 1. The number of piperidine rings is 1. The highest BCUT2D eigenvalue weighted by Crippen LogP contribution is 2.25.